The standard InChI is InChI=1S/C9H10N2O/c1-5-3-2-4-6-7(5)8(10)9(12)11-6/h2-4,8H,10H2,1H3,(H,11,12). The van der Waals surface area contributed by atoms with Crippen LogP contribution in [0.25, 0.3) is 0 Å². The zero-order chi connectivity index (χ0) is 8.72. The maximum Gasteiger partial charge on any atom is 0.245 e. The number of anilines is 1. The lowest BCUT2D eigenvalue weighted by Crippen LogP contribution is -2.20. The summed E-state index contributed by atoms with van der Waals surface area (Å²) in [4.78, 5) is 11.1. The van der Waals surface area contributed by atoms with E-state index in [2.05, 4.69) is 5.32 Å². The van der Waals surface area contributed by atoms with Gasteiger partial charge in [0.1, 0.15) is 6.04 Å². The molecule has 1 amide bonds. The molecule has 3 heteroatoms. The van der Waals surface area contributed by atoms with E-state index < -0.39 is 6.04 Å². The van der Waals surface area contributed by atoms with E-state index in [1.165, 1.54) is 0 Å². The predicted octanol–water partition coefficient (Wildman–Crippen LogP) is 0.947. The topological polar surface area (TPSA) is 55.1 Å². The molecule has 1 aliphatic rings. The first-order valence-electron chi connectivity index (χ1n) is 3.86. The van der Waals surface area contributed by atoms with Crippen LogP contribution in [-0.4, -0.2) is 5.91 Å². The largest absolute Gasteiger partial charge is 0.324 e. The van der Waals surface area contributed by atoms with Gasteiger partial charge in [0.15, 0.2) is 0 Å². The fourth-order valence-corrected chi connectivity index (χ4v) is 1.54. The van der Waals surface area contributed by atoms with E-state index in [9.17, 15) is 4.79 Å². The van der Waals surface area contributed by atoms with Gasteiger partial charge in [0.2, 0.25) is 5.91 Å². The number of fused-ring (bicyclic) bond motifs is 1. The molecule has 1 aliphatic heterocycles. The van der Waals surface area contributed by atoms with Crippen molar-refractivity contribution in [3.8, 4) is 0 Å². The third-order valence-corrected chi connectivity index (χ3v) is 2.18. The molecule has 0 saturated heterocycles. The molecule has 1 aromatic rings. The van der Waals surface area contributed by atoms with Crippen LogP contribution in [0.4, 0.5) is 5.69 Å². The van der Waals surface area contributed by atoms with Crippen molar-refractivity contribution in [3.63, 3.8) is 0 Å². The van der Waals surface area contributed by atoms with Crippen molar-refractivity contribution in [2.24, 2.45) is 5.73 Å². The summed E-state index contributed by atoms with van der Waals surface area (Å²) < 4.78 is 0. The van der Waals surface area contributed by atoms with Crippen molar-refractivity contribution in [2.45, 2.75) is 13.0 Å². The quantitative estimate of drug-likeness (QED) is 0.596. The fraction of sp³-hybridized carbons (Fsp3) is 0.222. The number of rotatable bonds is 0. The lowest BCUT2D eigenvalue weighted by Gasteiger charge is -2.04. The number of nitrogens with one attached hydrogen (secondary N) is 1. The number of amides is 1. The first kappa shape index (κ1) is 7.31. The number of carbonyl (C=O) groups is 1. The number of benzene rings is 1. The SMILES string of the molecule is Cc1cccc2c1C(N)C(=O)N2. The van der Waals surface area contributed by atoms with Crippen LogP contribution in [0.1, 0.15) is 17.2 Å². The van der Waals surface area contributed by atoms with Gasteiger partial charge in [-0.1, -0.05) is 12.1 Å². The number of aryl methyl sites for hydroxylation is 1. The predicted molar refractivity (Wildman–Crippen MR) is 46.7 cm³/mol. The molecule has 0 aromatic heterocycles. The first-order valence-corrected chi connectivity index (χ1v) is 3.86. The third kappa shape index (κ3) is 0.833. The molecule has 3 nitrogen and oxygen atoms in total. The second kappa shape index (κ2) is 2.32. The van der Waals surface area contributed by atoms with Crippen LogP contribution in [0, 0.1) is 6.92 Å². The van der Waals surface area contributed by atoms with Crippen LogP contribution >= 0.6 is 0 Å². The van der Waals surface area contributed by atoms with Crippen molar-refractivity contribution in [2.75, 3.05) is 5.32 Å². The van der Waals surface area contributed by atoms with E-state index in [4.69, 9.17) is 5.73 Å². The zero-order valence-corrected chi connectivity index (χ0v) is 6.79. The summed E-state index contributed by atoms with van der Waals surface area (Å²) in [6.07, 6.45) is 0. The van der Waals surface area contributed by atoms with Gasteiger partial charge in [-0.3, -0.25) is 4.79 Å². The molecule has 12 heavy (non-hydrogen) atoms. The van der Waals surface area contributed by atoms with Crippen molar-refractivity contribution in [1.29, 1.82) is 0 Å². The number of carbonyl (C=O) groups excluding carboxylic acids is 1. The second-order valence-electron chi connectivity index (χ2n) is 3.00. The summed E-state index contributed by atoms with van der Waals surface area (Å²) >= 11 is 0. The Morgan fingerprint density at radius 1 is 1.50 bits per heavy atom. The van der Waals surface area contributed by atoms with Gasteiger partial charge >= 0.3 is 0 Å². The summed E-state index contributed by atoms with van der Waals surface area (Å²) in [6.45, 7) is 1.96. The molecular weight excluding hydrogens is 152 g/mol. The van der Waals surface area contributed by atoms with Crippen molar-refractivity contribution in [3.05, 3.63) is 29.3 Å². The van der Waals surface area contributed by atoms with Gasteiger partial charge in [-0.2, -0.15) is 0 Å². The molecule has 1 aromatic carbocycles. The normalized spacial score (nSPS) is 20.5. The molecule has 0 radical (unpaired) electrons. The van der Waals surface area contributed by atoms with Crippen molar-refractivity contribution < 1.29 is 4.79 Å². The first-order chi connectivity index (χ1) is 5.70. The minimum atomic E-state index is -0.485. The molecule has 1 heterocycles. The van der Waals surface area contributed by atoms with Crippen molar-refractivity contribution in [1.82, 2.24) is 0 Å². The highest BCUT2D eigenvalue weighted by Gasteiger charge is 2.27. The second-order valence-corrected chi connectivity index (χ2v) is 3.00. The number of hydrogen-bond donors (Lipinski definition) is 2. The molecule has 0 saturated carbocycles. The minimum absolute atomic E-state index is 0.112. The van der Waals surface area contributed by atoms with Crippen LogP contribution in [0.3, 0.4) is 0 Å². The van der Waals surface area contributed by atoms with Gasteiger partial charge in [0, 0.05) is 11.3 Å². The van der Waals surface area contributed by atoms with Crippen LogP contribution in [-0.2, 0) is 4.79 Å². The lowest BCUT2D eigenvalue weighted by molar-refractivity contribution is -0.116. The molecule has 0 bridgehead atoms. The highest BCUT2D eigenvalue weighted by Crippen LogP contribution is 2.31. The molecular formula is C9H10N2O. The van der Waals surface area contributed by atoms with Crippen molar-refractivity contribution >= 4 is 11.6 Å². The Hall–Kier alpha value is -1.35. The van der Waals surface area contributed by atoms with E-state index in [0.29, 0.717) is 0 Å². The fourth-order valence-electron chi connectivity index (χ4n) is 1.54. The average Bonchev–Trinajstić information content (AvgIpc) is 2.29. The summed E-state index contributed by atoms with van der Waals surface area (Å²) in [6, 6.07) is 5.25. The molecule has 1 atom stereocenters. The van der Waals surface area contributed by atoms with Gasteiger partial charge in [0.25, 0.3) is 0 Å². The molecule has 0 fully saturated rings. The van der Waals surface area contributed by atoms with E-state index in [1.54, 1.807) is 0 Å². The highest BCUT2D eigenvalue weighted by atomic mass is 16.2. The molecule has 62 valence electrons. The molecule has 0 aliphatic carbocycles. The highest BCUT2D eigenvalue weighted by molar-refractivity contribution is 6.02. The minimum Gasteiger partial charge on any atom is -0.324 e. The third-order valence-electron chi connectivity index (χ3n) is 2.18. The van der Waals surface area contributed by atoms with E-state index in [-0.39, 0.29) is 5.91 Å². The Morgan fingerprint density at radius 2 is 2.25 bits per heavy atom. The maximum atomic E-state index is 11.1. The summed E-state index contributed by atoms with van der Waals surface area (Å²) in [7, 11) is 0. The van der Waals surface area contributed by atoms with Crippen LogP contribution < -0.4 is 11.1 Å². The van der Waals surface area contributed by atoms with Gasteiger partial charge in [-0.05, 0) is 18.6 Å². The molecule has 3 N–H and O–H groups in total. The zero-order valence-electron chi connectivity index (χ0n) is 6.79. The molecule has 2 rings (SSSR count). The summed E-state index contributed by atoms with van der Waals surface area (Å²) in [5.41, 5.74) is 8.53. The van der Waals surface area contributed by atoms with Gasteiger partial charge < -0.3 is 11.1 Å². The molecule has 1 unspecified atom stereocenters. The van der Waals surface area contributed by atoms with E-state index in [1.807, 2.05) is 25.1 Å². The Kier molecular flexibility index (Phi) is 1.41. The van der Waals surface area contributed by atoms with Gasteiger partial charge in [-0.25, -0.2) is 0 Å². The van der Waals surface area contributed by atoms with Gasteiger partial charge in [-0.15, -0.1) is 0 Å². The Bertz CT molecular complexity index is 346. The van der Waals surface area contributed by atoms with E-state index >= 15 is 0 Å². The Labute approximate surface area is 70.6 Å². The smallest absolute Gasteiger partial charge is 0.245 e. The van der Waals surface area contributed by atoms with Crippen LogP contribution in [0.2, 0.25) is 0 Å². The lowest BCUT2D eigenvalue weighted by atomic mass is 10.0. The Balaban J connectivity index is 2.62. The Morgan fingerprint density at radius 3 is 2.92 bits per heavy atom. The van der Waals surface area contributed by atoms with Gasteiger partial charge in [0.05, 0.1) is 0 Å². The van der Waals surface area contributed by atoms with E-state index in [0.717, 1.165) is 16.8 Å². The summed E-state index contributed by atoms with van der Waals surface area (Å²) in [5, 5.41) is 2.72. The van der Waals surface area contributed by atoms with Crippen LogP contribution in [0.5, 0.6) is 0 Å². The molecule has 0 spiro atoms. The number of hydrogen-bond acceptors (Lipinski definition) is 2. The maximum absolute atomic E-state index is 11.1. The summed E-state index contributed by atoms with van der Waals surface area (Å²) in [5.74, 6) is -0.112. The monoisotopic (exact) mass is 162 g/mol. The van der Waals surface area contributed by atoms with Crippen LogP contribution in [0.15, 0.2) is 18.2 Å². The average molecular weight is 162 g/mol. The number of nitrogens with two attached hydrogens (primary N) is 1.